The molecule has 0 aliphatic carbocycles. The van der Waals surface area contributed by atoms with E-state index in [9.17, 15) is 4.79 Å². The Morgan fingerprint density at radius 2 is 1.94 bits per heavy atom. The largest absolute Gasteiger partial charge is 0.493 e. The standard InChI is InChI=1S/C12H17NO4/c1-4-17-11-8(9(14)7-13)5-6-10(15-2)12(11)16-3/h5-6H,4,7,13H2,1-3H3. The van der Waals surface area contributed by atoms with Crippen molar-refractivity contribution in [2.45, 2.75) is 6.92 Å². The SMILES string of the molecule is CCOc1c(C(=O)CN)ccc(OC)c1OC. The molecule has 0 radical (unpaired) electrons. The molecule has 0 aromatic heterocycles. The highest BCUT2D eigenvalue weighted by atomic mass is 16.5. The van der Waals surface area contributed by atoms with E-state index in [0.29, 0.717) is 29.4 Å². The normalized spacial score (nSPS) is 9.88. The van der Waals surface area contributed by atoms with Crippen LogP contribution in [0, 0.1) is 0 Å². The molecule has 1 aromatic carbocycles. The highest BCUT2D eigenvalue weighted by Gasteiger charge is 2.19. The summed E-state index contributed by atoms with van der Waals surface area (Å²) in [6.07, 6.45) is 0. The first-order valence-corrected chi connectivity index (χ1v) is 5.30. The molecule has 0 fully saturated rings. The summed E-state index contributed by atoms with van der Waals surface area (Å²) in [4.78, 5) is 11.7. The summed E-state index contributed by atoms with van der Waals surface area (Å²) in [7, 11) is 3.02. The van der Waals surface area contributed by atoms with E-state index >= 15 is 0 Å². The van der Waals surface area contributed by atoms with E-state index in [0.717, 1.165) is 0 Å². The molecule has 0 heterocycles. The Hall–Kier alpha value is -1.75. The number of carbonyl (C=O) groups is 1. The lowest BCUT2D eigenvalue weighted by atomic mass is 10.1. The maximum Gasteiger partial charge on any atom is 0.204 e. The number of ketones is 1. The molecule has 1 rings (SSSR count). The van der Waals surface area contributed by atoms with Crippen molar-refractivity contribution in [2.75, 3.05) is 27.4 Å². The number of hydrogen-bond donors (Lipinski definition) is 1. The van der Waals surface area contributed by atoms with Crippen LogP contribution < -0.4 is 19.9 Å². The molecule has 5 heteroatoms. The topological polar surface area (TPSA) is 70.8 Å². The smallest absolute Gasteiger partial charge is 0.204 e. The van der Waals surface area contributed by atoms with E-state index in [2.05, 4.69) is 0 Å². The third kappa shape index (κ3) is 2.68. The Kier molecular flexibility index (Phi) is 4.78. The second-order valence-electron chi connectivity index (χ2n) is 3.24. The Morgan fingerprint density at radius 1 is 1.24 bits per heavy atom. The third-order valence-electron chi connectivity index (χ3n) is 2.27. The van der Waals surface area contributed by atoms with Crippen LogP contribution in [0.25, 0.3) is 0 Å². The van der Waals surface area contributed by atoms with E-state index in [1.807, 2.05) is 6.92 Å². The summed E-state index contributed by atoms with van der Waals surface area (Å²) < 4.78 is 15.8. The van der Waals surface area contributed by atoms with Crippen LogP contribution in [0.4, 0.5) is 0 Å². The maximum atomic E-state index is 11.7. The quantitative estimate of drug-likeness (QED) is 0.756. The predicted octanol–water partition coefficient (Wildman–Crippen LogP) is 1.24. The van der Waals surface area contributed by atoms with Crippen LogP contribution in [-0.2, 0) is 0 Å². The molecular formula is C12H17NO4. The first-order chi connectivity index (χ1) is 8.19. The van der Waals surface area contributed by atoms with Gasteiger partial charge in [-0.05, 0) is 19.1 Å². The van der Waals surface area contributed by atoms with Crippen LogP contribution in [0.5, 0.6) is 17.2 Å². The molecule has 5 nitrogen and oxygen atoms in total. The molecule has 0 aliphatic rings. The lowest BCUT2D eigenvalue weighted by molar-refractivity contribution is 0.0997. The van der Waals surface area contributed by atoms with Crippen molar-refractivity contribution < 1.29 is 19.0 Å². The minimum absolute atomic E-state index is 0.0739. The fraction of sp³-hybridized carbons (Fsp3) is 0.417. The molecule has 0 unspecified atom stereocenters. The first kappa shape index (κ1) is 13.3. The summed E-state index contributed by atoms with van der Waals surface area (Å²) in [5, 5.41) is 0. The Bertz CT molecular complexity index is 404. The number of benzene rings is 1. The van der Waals surface area contributed by atoms with Crippen LogP contribution in [0.3, 0.4) is 0 Å². The molecule has 94 valence electrons. The average molecular weight is 239 g/mol. The molecule has 0 atom stereocenters. The number of carbonyl (C=O) groups excluding carboxylic acids is 1. The average Bonchev–Trinajstić information content (AvgIpc) is 2.37. The molecule has 2 N–H and O–H groups in total. The van der Waals surface area contributed by atoms with Crippen LogP contribution in [-0.4, -0.2) is 33.2 Å². The maximum absolute atomic E-state index is 11.7. The van der Waals surface area contributed by atoms with Gasteiger partial charge in [-0.1, -0.05) is 0 Å². The van der Waals surface area contributed by atoms with Gasteiger partial charge in [-0.25, -0.2) is 0 Å². The Labute approximate surface area is 100 Å². The summed E-state index contributed by atoms with van der Waals surface area (Å²) in [5.41, 5.74) is 5.76. The van der Waals surface area contributed by atoms with Crippen LogP contribution in [0.15, 0.2) is 12.1 Å². The van der Waals surface area contributed by atoms with Gasteiger partial charge in [0.2, 0.25) is 5.75 Å². The Morgan fingerprint density at radius 3 is 2.41 bits per heavy atom. The summed E-state index contributed by atoms with van der Waals surface area (Å²) in [6, 6.07) is 3.28. The zero-order chi connectivity index (χ0) is 12.8. The second-order valence-corrected chi connectivity index (χ2v) is 3.24. The third-order valence-corrected chi connectivity index (χ3v) is 2.27. The summed E-state index contributed by atoms with van der Waals surface area (Å²) in [6.45, 7) is 2.18. The van der Waals surface area contributed by atoms with Gasteiger partial charge in [0.1, 0.15) is 0 Å². The van der Waals surface area contributed by atoms with Crippen molar-refractivity contribution in [3.63, 3.8) is 0 Å². The van der Waals surface area contributed by atoms with Crippen LogP contribution >= 0.6 is 0 Å². The minimum Gasteiger partial charge on any atom is -0.493 e. The van der Waals surface area contributed by atoms with Gasteiger partial charge >= 0.3 is 0 Å². The second kappa shape index (κ2) is 6.10. The van der Waals surface area contributed by atoms with Gasteiger partial charge in [0.25, 0.3) is 0 Å². The zero-order valence-electron chi connectivity index (χ0n) is 10.3. The van der Waals surface area contributed by atoms with E-state index in [1.54, 1.807) is 12.1 Å². The molecule has 0 bridgehead atoms. The highest BCUT2D eigenvalue weighted by Crippen LogP contribution is 2.40. The molecule has 17 heavy (non-hydrogen) atoms. The molecule has 0 amide bonds. The zero-order valence-corrected chi connectivity index (χ0v) is 10.3. The van der Waals surface area contributed by atoms with Crippen molar-refractivity contribution in [1.29, 1.82) is 0 Å². The van der Waals surface area contributed by atoms with Gasteiger partial charge in [0, 0.05) is 0 Å². The van der Waals surface area contributed by atoms with E-state index in [-0.39, 0.29) is 12.3 Å². The molecular weight excluding hydrogens is 222 g/mol. The lowest BCUT2D eigenvalue weighted by Gasteiger charge is -2.15. The Balaban J connectivity index is 3.35. The number of Topliss-reactive ketones (excluding diaryl/α,β-unsaturated/α-hetero) is 1. The summed E-state index contributed by atoms with van der Waals surface area (Å²) in [5.74, 6) is 1.11. The van der Waals surface area contributed by atoms with Gasteiger partial charge in [-0.3, -0.25) is 4.79 Å². The first-order valence-electron chi connectivity index (χ1n) is 5.30. The van der Waals surface area contributed by atoms with Gasteiger partial charge < -0.3 is 19.9 Å². The number of methoxy groups -OCH3 is 2. The van der Waals surface area contributed by atoms with Gasteiger partial charge in [0.15, 0.2) is 17.3 Å². The fourth-order valence-electron chi connectivity index (χ4n) is 1.52. The van der Waals surface area contributed by atoms with E-state index in [4.69, 9.17) is 19.9 Å². The monoisotopic (exact) mass is 239 g/mol. The highest BCUT2D eigenvalue weighted by molar-refractivity contribution is 6.01. The number of hydrogen-bond acceptors (Lipinski definition) is 5. The van der Waals surface area contributed by atoms with Crippen molar-refractivity contribution in [3.8, 4) is 17.2 Å². The van der Waals surface area contributed by atoms with Gasteiger partial charge in [-0.2, -0.15) is 0 Å². The summed E-state index contributed by atoms with van der Waals surface area (Å²) >= 11 is 0. The fourth-order valence-corrected chi connectivity index (χ4v) is 1.52. The van der Waals surface area contributed by atoms with E-state index in [1.165, 1.54) is 14.2 Å². The van der Waals surface area contributed by atoms with Crippen LogP contribution in [0.1, 0.15) is 17.3 Å². The van der Waals surface area contributed by atoms with Crippen LogP contribution in [0.2, 0.25) is 0 Å². The van der Waals surface area contributed by atoms with Crippen molar-refractivity contribution in [3.05, 3.63) is 17.7 Å². The molecule has 0 spiro atoms. The lowest BCUT2D eigenvalue weighted by Crippen LogP contribution is -2.15. The van der Waals surface area contributed by atoms with Crippen molar-refractivity contribution in [2.24, 2.45) is 5.73 Å². The molecule has 0 aliphatic heterocycles. The molecule has 0 saturated heterocycles. The van der Waals surface area contributed by atoms with Crippen molar-refractivity contribution in [1.82, 2.24) is 0 Å². The molecule has 0 saturated carbocycles. The van der Waals surface area contributed by atoms with Gasteiger partial charge in [-0.15, -0.1) is 0 Å². The van der Waals surface area contributed by atoms with Gasteiger partial charge in [0.05, 0.1) is 32.9 Å². The number of ether oxygens (including phenoxy) is 3. The molecule has 1 aromatic rings. The predicted molar refractivity (Wildman–Crippen MR) is 64.1 cm³/mol. The number of rotatable bonds is 6. The number of nitrogens with two attached hydrogens (primary N) is 1. The minimum atomic E-state index is -0.200. The van der Waals surface area contributed by atoms with E-state index < -0.39 is 0 Å². The van der Waals surface area contributed by atoms with Crippen molar-refractivity contribution >= 4 is 5.78 Å².